The minimum Gasteiger partial charge on any atom is -0.497 e. The third kappa shape index (κ3) is 5.24. The number of halogens is 4. The fourth-order valence-corrected chi connectivity index (χ4v) is 3.41. The Morgan fingerprint density at radius 1 is 0.917 bits per heavy atom. The number of carbonyl (C=O) groups excluding carboxylic acids is 1. The molecule has 0 aliphatic rings. The smallest absolute Gasteiger partial charge is 0.387 e. The number of nitrogens with one attached hydrogen (secondary N) is 1. The first-order valence-electron chi connectivity index (χ1n) is 10.4. The maximum absolute atomic E-state index is 14.9. The molecule has 1 aromatic heterocycles. The molecule has 0 bridgehead atoms. The molecule has 0 saturated heterocycles. The van der Waals surface area contributed by atoms with E-state index in [1.807, 2.05) is 0 Å². The van der Waals surface area contributed by atoms with Crippen LogP contribution < -0.4 is 19.5 Å². The van der Waals surface area contributed by atoms with Crippen molar-refractivity contribution >= 4 is 11.9 Å². The summed E-state index contributed by atoms with van der Waals surface area (Å²) in [5, 5.41) is 2.52. The number of nitrogens with zero attached hydrogens (tertiary/aromatic N) is 2. The summed E-state index contributed by atoms with van der Waals surface area (Å²) < 4.78 is 70.1. The molecule has 4 aromatic rings. The molecule has 186 valence electrons. The van der Waals surface area contributed by atoms with Crippen molar-refractivity contribution in [1.29, 1.82) is 0 Å². The lowest BCUT2D eigenvalue weighted by Crippen LogP contribution is -2.16. The van der Waals surface area contributed by atoms with Gasteiger partial charge in [0.25, 0.3) is 5.91 Å². The summed E-state index contributed by atoms with van der Waals surface area (Å²) >= 11 is 0. The van der Waals surface area contributed by atoms with E-state index in [2.05, 4.69) is 15.0 Å². The first-order chi connectivity index (χ1) is 17.3. The minimum absolute atomic E-state index is 0.0291. The van der Waals surface area contributed by atoms with E-state index < -0.39 is 29.8 Å². The molecule has 0 aliphatic carbocycles. The SMILES string of the molecule is COc1cccc(-c2cn(-c3c(F)cc(OC)cc3F)c(NC(=O)c3ccc(OC(F)F)cc3)n2)c1. The Balaban J connectivity index is 1.75. The molecule has 0 atom stereocenters. The van der Waals surface area contributed by atoms with Gasteiger partial charge in [0.2, 0.25) is 5.95 Å². The average Bonchev–Trinajstić information content (AvgIpc) is 3.26. The van der Waals surface area contributed by atoms with Gasteiger partial charge in [0.05, 0.1) is 19.9 Å². The number of imidazole rings is 1. The first-order valence-corrected chi connectivity index (χ1v) is 10.4. The number of benzene rings is 3. The van der Waals surface area contributed by atoms with Crippen molar-refractivity contribution in [1.82, 2.24) is 9.55 Å². The van der Waals surface area contributed by atoms with Crippen LogP contribution in [-0.4, -0.2) is 36.3 Å². The van der Waals surface area contributed by atoms with Gasteiger partial charge in [0.15, 0.2) is 11.6 Å². The molecule has 3 aromatic carbocycles. The van der Waals surface area contributed by atoms with Gasteiger partial charge in [-0.15, -0.1) is 0 Å². The second-order valence-electron chi connectivity index (χ2n) is 7.35. The molecule has 1 heterocycles. The number of amides is 1. The van der Waals surface area contributed by atoms with Gasteiger partial charge in [-0.25, -0.2) is 13.8 Å². The highest BCUT2D eigenvalue weighted by Gasteiger charge is 2.21. The van der Waals surface area contributed by atoms with Gasteiger partial charge in [-0.3, -0.25) is 14.7 Å². The van der Waals surface area contributed by atoms with Gasteiger partial charge < -0.3 is 14.2 Å². The Morgan fingerprint density at radius 3 is 2.19 bits per heavy atom. The average molecular weight is 501 g/mol. The van der Waals surface area contributed by atoms with Crippen LogP contribution >= 0.6 is 0 Å². The number of anilines is 1. The van der Waals surface area contributed by atoms with Crippen LogP contribution in [0.25, 0.3) is 16.9 Å². The van der Waals surface area contributed by atoms with Crippen LogP contribution in [0.15, 0.2) is 66.9 Å². The van der Waals surface area contributed by atoms with Gasteiger partial charge in [-0.05, 0) is 36.4 Å². The third-order valence-electron chi connectivity index (χ3n) is 5.11. The summed E-state index contributed by atoms with van der Waals surface area (Å²) in [6, 6.07) is 13.7. The van der Waals surface area contributed by atoms with E-state index in [0.717, 1.165) is 16.7 Å². The zero-order valence-electron chi connectivity index (χ0n) is 19.0. The monoisotopic (exact) mass is 501 g/mol. The molecular formula is C25H19F4N3O4. The first kappa shape index (κ1) is 24.6. The van der Waals surface area contributed by atoms with E-state index in [1.54, 1.807) is 24.3 Å². The van der Waals surface area contributed by atoms with Crippen molar-refractivity contribution in [2.75, 3.05) is 19.5 Å². The highest BCUT2D eigenvalue weighted by atomic mass is 19.3. The molecule has 4 rings (SSSR count). The van der Waals surface area contributed by atoms with Crippen LogP contribution in [0.3, 0.4) is 0 Å². The second-order valence-corrected chi connectivity index (χ2v) is 7.35. The van der Waals surface area contributed by atoms with Crippen molar-refractivity contribution in [2.45, 2.75) is 6.61 Å². The summed E-state index contributed by atoms with van der Waals surface area (Å²) in [6.07, 6.45) is 1.36. The lowest BCUT2D eigenvalue weighted by Gasteiger charge is -2.12. The molecule has 1 N–H and O–H groups in total. The van der Waals surface area contributed by atoms with Gasteiger partial charge >= 0.3 is 6.61 Å². The lowest BCUT2D eigenvalue weighted by atomic mass is 10.1. The predicted octanol–water partition coefficient (Wildman–Crippen LogP) is 5.69. The van der Waals surface area contributed by atoms with Crippen LogP contribution in [0.1, 0.15) is 10.4 Å². The fourth-order valence-electron chi connectivity index (χ4n) is 3.41. The molecule has 0 radical (unpaired) electrons. The van der Waals surface area contributed by atoms with Gasteiger partial charge in [0, 0.05) is 29.5 Å². The Bertz CT molecular complexity index is 1370. The van der Waals surface area contributed by atoms with E-state index >= 15 is 0 Å². The normalized spacial score (nSPS) is 10.9. The van der Waals surface area contributed by atoms with Crippen LogP contribution in [0.4, 0.5) is 23.5 Å². The van der Waals surface area contributed by atoms with E-state index in [9.17, 15) is 22.4 Å². The molecule has 0 saturated carbocycles. The minimum atomic E-state index is -3.01. The summed E-state index contributed by atoms with van der Waals surface area (Å²) in [4.78, 5) is 17.2. The predicted molar refractivity (Wildman–Crippen MR) is 123 cm³/mol. The number of aromatic nitrogens is 2. The molecule has 0 unspecified atom stereocenters. The maximum Gasteiger partial charge on any atom is 0.387 e. The number of hydrogen-bond acceptors (Lipinski definition) is 5. The van der Waals surface area contributed by atoms with Crippen LogP contribution in [-0.2, 0) is 0 Å². The summed E-state index contributed by atoms with van der Waals surface area (Å²) in [5.74, 6) is -2.42. The van der Waals surface area contributed by atoms with E-state index in [1.165, 1.54) is 44.7 Å². The van der Waals surface area contributed by atoms with Crippen molar-refractivity contribution in [3.63, 3.8) is 0 Å². The summed E-state index contributed by atoms with van der Waals surface area (Å²) in [6.45, 7) is -3.01. The van der Waals surface area contributed by atoms with Crippen LogP contribution in [0.2, 0.25) is 0 Å². The maximum atomic E-state index is 14.9. The van der Waals surface area contributed by atoms with Crippen LogP contribution in [0, 0.1) is 11.6 Å². The van der Waals surface area contributed by atoms with E-state index in [0.29, 0.717) is 17.0 Å². The zero-order chi connectivity index (χ0) is 25.8. The molecule has 0 fully saturated rings. The van der Waals surface area contributed by atoms with Crippen molar-refractivity contribution in [3.8, 4) is 34.2 Å². The molecule has 0 aliphatic heterocycles. The van der Waals surface area contributed by atoms with Gasteiger partial charge in [0.1, 0.15) is 22.9 Å². The molecule has 0 spiro atoms. The van der Waals surface area contributed by atoms with E-state index in [-0.39, 0.29) is 23.0 Å². The van der Waals surface area contributed by atoms with Gasteiger partial charge in [-0.1, -0.05) is 12.1 Å². The second kappa shape index (κ2) is 10.4. The summed E-state index contributed by atoms with van der Waals surface area (Å²) in [5.41, 5.74) is 0.434. The van der Waals surface area contributed by atoms with Crippen molar-refractivity contribution in [3.05, 3.63) is 84.1 Å². The zero-order valence-corrected chi connectivity index (χ0v) is 19.0. The molecule has 36 heavy (non-hydrogen) atoms. The Labute approximate surface area is 202 Å². The number of methoxy groups -OCH3 is 2. The Hall–Kier alpha value is -4.54. The fraction of sp³-hybridized carbons (Fsp3) is 0.120. The third-order valence-corrected chi connectivity index (χ3v) is 5.11. The van der Waals surface area contributed by atoms with Crippen molar-refractivity contribution in [2.24, 2.45) is 0 Å². The molecule has 11 heteroatoms. The number of alkyl halides is 2. The topological polar surface area (TPSA) is 74.6 Å². The molecule has 1 amide bonds. The number of carbonyl (C=O) groups is 1. The Morgan fingerprint density at radius 2 is 1.58 bits per heavy atom. The van der Waals surface area contributed by atoms with Gasteiger partial charge in [-0.2, -0.15) is 8.78 Å². The standard InChI is InChI=1S/C25H19F4N3O4/c1-34-17-5-3-4-15(10-17)21-13-32(22-19(26)11-18(35-2)12-20(22)27)25(30-21)31-23(33)14-6-8-16(9-7-14)36-24(28)29/h3-13,24H,1-2H3,(H,30,31,33). The largest absolute Gasteiger partial charge is 0.497 e. The van der Waals surface area contributed by atoms with E-state index in [4.69, 9.17) is 9.47 Å². The Kier molecular flexibility index (Phi) is 7.09. The highest BCUT2D eigenvalue weighted by Crippen LogP contribution is 2.31. The summed E-state index contributed by atoms with van der Waals surface area (Å²) in [7, 11) is 2.76. The highest BCUT2D eigenvalue weighted by molar-refractivity contribution is 6.03. The molecule has 7 nitrogen and oxygen atoms in total. The number of ether oxygens (including phenoxy) is 3. The quantitative estimate of drug-likeness (QED) is 0.314. The number of rotatable bonds is 8. The van der Waals surface area contributed by atoms with Crippen molar-refractivity contribution < 1.29 is 36.6 Å². The lowest BCUT2D eigenvalue weighted by molar-refractivity contribution is -0.0498. The van der Waals surface area contributed by atoms with Crippen LogP contribution in [0.5, 0.6) is 17.2 Å². The molecular weight excluding hydrogens is 482 g/mol. The number of hydrogen-bond donors (Lipinski definition) is 1.